The highest BCUT2D eigenvalue weighted by atomic mass is 16.1. The minimum Gasteiger partial charge on any atom is -0.398 e. The minimum absolute atomic E-state index is 0.471. The van der Waals surface area contributed by atoms with Gasteiger partial charge in [-0.2, -0.15) is 0 Å². The van der Waals surface area contributed by atoms with E-state index in [9.17, 15) is 4.79 Å². The molecule has 1 rings (SSSR count). The van der Waals surface area contributed by atoms with E-state index in [-0.39, 0.29) is 0 Å². The lowest BCUT2D eigenvalue weighted by atomic mass is 10.1. The number of nitrogen functional groups attached to an aromatic ring is 1. The largest absolute Gasteiger partial charge is 0.398 e. The molecule has 0 aliphatic heterocycles. The number of nitrogens with one attached hydrogen (secondary N) is 1. The van der Waals surface area contributed by atoms with Gasteiger partial charge in [-0.3, -0.25) is 4.79 Å². The standard InChI is InChI=1S/C10H13N3O/c1-13(7-14)6-8-3-2-4-10(12)9(8)5-11/h2-5,7,11H,6,12H2,1H3. The molecule has 0 radical (unpaired) electrons. The number of rotatable bonds is 4. The summed E-state index contributed by atoms with van der Waals surface area (Å²) in [5.74, 6) is 0. The Morgan fingerprint density at radius 2 is 2.29 bits per heavy atom. The number of benzene rings is 1. The van der Waals surface area contributed by atoms with E-state index >= 15 is 0 Å². The van der Waals surface area contributed by atoms with Crippen LogP contribution in [0.15, 0.2) is 18.2 Å². The van der Waals surface area contributed by atoms with Crippen molar-refractivity contribution < 1.29 is 4.79 Å². The van der Waals surface area contributed by atoms with Crippen molar-refractivity contribution in [2.45, 2.75) is 6.54 Å². The van der Waals surface area contributed by atoms with E-state index in [0.717, 1.165) is 12.0 Å². The van der Waals surface area contributed by atoms with E-state index in [2.05, 4.69) is 0 Å². The number of hydrogen-bond acceptors (Lipinski definition) is 3. The molecule has 74 valence electrons. The SMILES string of the molecule is CN(C=O)Cc1cccc(N)c1C=N. The predicted octanol–water partition coefficient (Wildman–Crippen LogP) is 0.855. The van der Waals surface area contributed by atoms with E-state index in [1.165, 1.54) is 11.1 Å². The van der Waals surface area contributed by atoms with E-state index < -0.39 is 0 Å². The zero-order chi connectivity index (χ0) is 10.6. The first kappa shape index (κ1) is 10.2. The molecule has 0 bridgehead atoms. The van der Waals surface area contributed by atoms with E-state index in [0.29, 0.717) is 17.8 Å². The fourth-order valence-electron chi connectivity index (χ4n) is 1.25. The van der Waals surface area contributed by atoms with Gasteiger partial charge in [-0.15, -0.1) is 0 Å². The molecule has 0 saturated heterocycles. The number of carbonyl (C=O) groups is 1. The third-order valence-electron chi connectivity index (χ3n) is 1.97. The molecule has 4 nitrogen and oxygen atoms in total. The number of hydrogen-bond donors (Lipinski definition) is 2. The maximum Gasteiger partial charge on any atom is 0.209 e. The fourth-order valence-corrected chi connectivity index (χ4v) is 1.25. The molecule has 0 aromatic heterocycles. The Labute approximate surface area is 82.8 Å². The van der Waals surface area contributed by atoms with Crippen molar-refractivity contribution >= 4 is 18.3 Å². The summed E-state index contributed by atoms with van der Waals surface area (Å²) >= 11 is 0. The molecule has 3 N–H and O–H groups in total. The van der Waals surface area contributed by atoms with Crippen molar-refractivity contribution in [1.29, 1.82) is 5.41 Å². The molecular formula is C10H13N3O. The van der Waals surface area contributed by atoms with Gasteiger partial charge < -0.3 is 16.0 Å². The highest BCUT2D eigenvalue weighted by Crippen LogP contribution is 2.15. The van der Waals surface area contributed by atoms with Gasteiger partial charge in [0.25, 0.3) is 0 Å². The van der Waals surface area contributed by atoms with Gasteiger partial charge in [0, 0.05) is 31.1 Å². The molecule has 1 aromatic carbocycles. The zero-order valence-corrected chi connectivity index (χ0v) is 8.03. The monoisotopic (exact) mass is 191 g/mol. The van der Waals surface area contributed by atoms with Gasteiger partial charge >= 0.3 is 0 Å². The lowest BCUT2D eigenvalue weighted by Gasteiger charge is -2.13. The molecule has 1 aromatic rings. The lowest BCUT2D eigenvalue weighted by molar-refractivity contribution is -0.117. The maximum atomic E-state index is 10.4. The molecule has 0 heterocycles. The summed E-state index contributed by atoms with van der Waals surface area (Å²) in [5.41, 5.74) is 7.82. The minimum atomic E-state index is 0.471. The molecule has 4 heteroatoms. The normalized spacial score (nSPS) is 9.50. The van der Waals surface area contributed by atoms with Crippen LogP contribution in [-0.4, -0.2) is 24.6 Å². The Morgan fingerprint density at radius 1 is 1.57 bits per heavy atom. The summed E-state index contributed by atoms with van der Waals surface area (Å²) in [7, 11) is 1.68. The van der Waals surface area contributed by atoms with Crippen molar-refractivity contribution in [2.75, 3.05) is 12.8 Å². The van der Waals surface area contributed by atoms with Gasteiger partial charge in [0.05, 0.1) is 0 Å². The summed E-state index contributed by atoms with van der Waals surface area (Å²) in [4.78, 5) is 11.9. The number of nitrogens with two attached hydrogens (primary N) is 1. The number of carbonyl (C=O) groups excluding carboxylic acids is 1. The Morgan fingerprint density at radius 3 is 2.86 bits per heavy atom. The molecule has 0 saturated carbocycles. The van der Waals surface area contributed by atoms with Gasteiger partial charge in [-0.05, 0) is 11.6 Å². The average Bonchev–Trinajstić information content (AvgIpc) is 2.18. The molecule has 14 heavy (non-hydrogen) atoms. The van der Waals surface area contributed by atoms with Crippen molar-refractivity contribution in [3.8, 4) is 0 Å². The summed E-state index contributed by atoms with van der Waals surface area (Å²) in [5, 5.41) is 7.21. The van der Waals surface area contributed by atoms with Gasteiger partial charge in [0.2, 0.25) is 6.41 Å². The second kappa shape index (κ2) is 4.41. The summed E-state index contributed by atoms with van der Waals surface area (Å²) in [6.45, 7) is 0.471. The summed E-state index contributed by atoms with van der Waals surface area (Å²) in [6, 6.07) is 5.41. The molecule has 0 spiro atoms. The van der Waals surface area contributed by atoms with Crippen LogP contribution in [0.2, 0.25) is 0 Å². The summed E-state index contributed by atoms with van der Waals surface area (Å²) < 4.78 is 0. The van der Waals surface area contributed by atoms with Crippen molar-refractivity contribution in [3.05, 3.63) is 29.3 Å². The van der Waals surface area contributed by atoms with Crippen LogP contribution in [0.4, 0.5) is 5.69 Å². The highest BCUT2D eigenvalue weighted by Gasteiger charge is 2.04. The second-order valence-electron chi connectivity index (χ2n) is 3.08. The topological polar surface area (TPSA) is 70.2 Å². The van der Waals surface area contributed by atoms with Gasteiger partial charge in [0.15, 0.2) is 0 Å². The predicted molar refractivity (Wildman–Crippen MR) is 56.3 cm³/mol. The van der Waals surface area contributed by atoms with Crippen LogP contribution in [0.1, 0.15) is 11.1 Å². The lowest BCUT2D eigenvalue weighted by Crippen LogP contribution is -2.16. The van der Waals surface area contributed by atoms with E-state index in [4.69, 9.17) is 11.1 Å². The molecule has 0 aliphatic carbocycles. The van der Waals surface area contributed by atoms with Crippen molar-refractivity contribution in [1.82, 2.24) is 4.90 Å². The van der Waals surface area contributed by atoms with Crippen LogP contribution in [0.5, 0.6) is 0 Å². The molecular weight excluding hydrogens is 178 g/mol. The van der Waals surface area contributed by atoms with Crippen LogP contribution in [0, 0.1) is 5.41 Å². The highest BCUT2D eigenvalue weighted by molar-refractivity contribution is 5.86. The van der Waals surface area contributed by atoms with Crippen molar-refractivity contribution in [3.63, 3.8) is 0 Å². The first-order valence-electron chi connectivity index (χ1n) is 4.22. The maximum absolute atomic E-state index is 10.4. The van der Waals surface area contributed by atoms with Crippen LogP contribution in [0.25, 0.3) is 0 Å². The Balaban J connectivity index is 3.01. The number of amides is 1. The van der Waals surface area contributed by atoms with Crippen LogP contribution in [0.3, 0.4) is 0 Å². The third kappa shape index (κ3) is 2.10. The molecule has 0 fully saturated rings. The van der Waals surface area contributed by atoms with Gasteiger partial charge in [0.1, 0.15) is 0 Å². The average molecular weight is 191 g/mol. The number of anilines is 1. The smallest absolute Gasteiger partial charge is 0.209 e. The fraction of sp³-hybridized carbons (Fsp3) is 0.200. The zero-order valence-electron chi connectivity index (χ0n) is 8.03. The second-order valence-corrected chi connectivity index (χ2v) is 3.08. The van der Waals surface area contributed by atoms with Crippen LogP contribution >= 0.6 is 0 Å². The van der Waals surface area contributed by atoms with Gasteiger partial charge in [-0.25, -0.2) is 0 Å². The Hall–Kier alpha value is -1.84. The van der Waals surface area contributed by atoms with Crippen molar-refractivity contribution in [2.24, 2.45) is 0 Å². The van der Waals surface area contributed by atoms with E-state index in [1.54, 1.807) is 13.1 Å². The molecule has 0 atom stereocenters. The summed E-state index contributed by atoms with van der Waals surface area (Å²) in [6.07, 6.45) is 1.96. The third-order valence-corrected chi connectivity index (χ3v) is 1.97. The van der Waals surface area contributed by atoms with Crippen LogP contribution in [-0.2, 0) is 11.3 Å². The first-order chi connectivity index (χ1) is 6.69. The quantitative estimate of drug-likeness (QED) is 0.421. The number of nitrogens with zero attached hydrogens (tertiary/aromatic N) is 1. The van der Waals surface area contributed by atoms with E-state index in [1.807, 2.05) is 12.1 Å². The Bertz CT molecular complexity index is 349. The molecule has 1 amide bonds. The Kier molecular flexibility index (Phi) is 3.23. The first-order valence-corrected chi connectivity index (χ1v) is 4.22. The van der Waals surface area contributed by atoms with Crippen LogP contribution < -0.4 is 5.73 Å². The van der Waals surface area contributed by atoms with Gasteiger partial charge in [-0.1, -0.05) is 12.1 Å². The molecule has 0 unspecified atom stereocenters. The molecule has 0 aliphatic rings.